The maximum absolute atomic E-state index is 13.1. The van der Waals surface area contributed by atoms with E-state index < -0.39 is 11.2 Å². The summed E-state index contributed by atoms with van der Waals surface area (Å²) in [6, 6.07) is 9.68. The van der Waals surface area contributed by atoms with Gasteiger partial charge in [-0.2, -0.15) is 0 Å². The second-order valence-corrected chi connectivity index (χ2v) is 7.56. The van der Waals surface area contributed by atoms with Gasteiger partial charge in [0, 0.05) is 17.5 Å². The van der Waals surface area contributed by atoms with Gasteiger partial charge in [-0.05, 0) is 12.5 Å². The molecule has 0 unspecified atom stereocenters. The molecule has 2 aromatic heterocycles. The second-order valence-electron chi connectivity index (χ2n) is 5.39. The van der Waals surface area contributed by atoms with E-state index in [1.807, 2.05) is 35.7 Å². The largest absolute Gasteiger partial charge is 0.480 e. The van der Waals surface area contributed by atoms with Crippen molar-refractivity contribution in [2.45, 2.75) is 23.9 Å². The molecule has 0 saturated heterocycles. The van der Waals surface area contributed by atoms with Gasteiger partial charge in [0.1, 0.15) is 10.1 Å². The van der Waals surface area contributed by atoms with Crippen molar-refractivity contribution >= 4 is 39.3 Å². The molecule has 128 valence electrons. The van der Waals surface area contributed by atoms with Crippen LogP contribution in [0.3, 0.4) is 0 Å². The highest BCUT2D eigenvalue weighted by molar-refractivity contribution is 8.00. The van der Waals surface area contributed by atoms with Crippen LogP contribution in [0.25, 0.3) is 21.3 Å². The summed E-state index contributed by atoms with van der Waals surface area (Å²) in [4.78, 5) is 29.4. The number of allylic oxidation sites excluding steroid dienone is 1. The number of thiophene rings is 1. The van der Waals surface area contributed by atoms with Crippen molar-refractivity contribution in [3.63, 3.8) is 0 Å². The highest BCUT2D eigenvalue weighted by Crippen LogP contribution is 2.32. The maximum Gasteiger partial charge on any atom is 0.316 e. The number of thioether (sulfide) groups is 1. The summed E-state index contributed by atoms with van der Waals surface area (Å²) in [5, 5.41) is 11.3. The lowest BCUT2D eigenvalue weighted by Gasteiger charge is -2.12. The summed E-state index contributed by atoms with van der Waals surface area (Å²) >= 11 is 2.45. The van der Waals surface area contributed by atoms with Crippen molar-refractivity contribution in [1.82, 2.24) is 9.55 Å². The molecule has 0 bridgehead atoms. The lowest BCUT2D eigenvalue weighted by Crippen LogP contribution is -2.24. The molecule has 0 aliphatic rings. The number of nitrogens with zero attached hydrogens (tertiary/aromatic N) is 2. The van der Waals surface area contributed by atoms with Crippen LogP contribution in [-0.4, -0.2) is 25.9 Å². The first-order chi connectivity index (χ1) is 12.0. The number of hydrogen-bond donors (Lipinski definition) is 1. The zero-order chi connectivity index (χ0) is 18.0. The number of aliphatic carboxylic acids is 1. The van der Waals surface area contributed by atoms with Crippen LogP contribution < -0.4 is 5.56 Å². The molecule has 3 aromatic rings. The fourth-order valence-corrected chi connectivity index (χ4v) is 4.27. The van der Waals surface area contributed by atoms with Gasteiger partial charge >= 0.3 is 5.97 Å². The minimum absolute atomic E-state index is 0.176. The summed E-state index contributed by atoms with van der Waals surface area (Å²) in [5.74, 6) is -0.944. The zero-order valence-electron chi connectivity index (χ0n) is 13.5. The van der Waals surface area contributed by atoms with E-state index in [0.717, 1.165) is 22.9 Å². The van der Waals surface area contributed by atoms with Crippen LogP contribution in [0, 0.1) is 0 Å². The molecular formula is C18H16N2O3S2. The van der Waals surface area contributed by atoms with Crippen LogP contribution in [0.15, 0.2) is 58.3 Å². The highest BCUT2D eigenvalue weighted by atomic mass is 32.2. The number of rotatable bonds is 6. The monoisotopic (exact) mass is 372 g/mol. The van der Waals surface area contributed by atoms with Crippen molar-refractivity contribution in [2.24, 2.45) is 0 Å². The Morgan fingerprint density at radius 2 is 2.16 bits per heavy atom. The predicted molar refractivity (Wildman–Crippen MR) is 102 cm³/mol. The average Bonchev–Trinajstić information content (AvgIpc) is 3.03. The van der Waals surface area contributed by atoms with E-state index in [9.17, 15) is 9.59 Å². The van der Waals surface area contributed by atoms with Crippen molar-refractivity contribution in [3.05, 3.63) is 58.7 Å². The van der Waals surface area contributed by atoms with Crippen LogP contribution in [0.1, 0.15) is 6.92 Å². The number of carboxylic acids is 1. The Bertz CT molecular complexity index is 993. The molecule has 0 spiro atoms. The zero-order valence-corrected chi connectivity index (χ0v) is 15.1. The smallest absolute Gasteiger partial charge is 0.316 e. The Hall–Kier alpha value is -2.38. The summed E-state index contributed by atoms with van der Waals surface area (Å²) < 4.78 is 1.48. The molecule has 25 heavy (non-hydrogen) atoms. The number of fused-ring (bicyclic) bond motifs is 1. The standard InChI is InChI=1S/C18H16N2O3S2/c1-3-9-20-16(21)14-13(12-7-5-4-6-8-12)10-24-15(14)19-18(20)25-11(2)17(22)23/h3-8,10-11H,1,9H2,2H3,(H,22,23)/t11-/m1/s1. The Morgan fingerprint density at radius 3 is 2.80 bits per heavy atom. The summed E-state index contributed by atoms with van der Waals surface area (Å²) in [5.41, 5.74) is 1.63. The first kappa shape index (κ1) is 17.4. The van der Waals surface area contributed by atoms with E-state index in [1.54, 1.807) is 13.0 Å². The molecule has 0 amide bonds. The minimum Gasteiger partial charge on any atom is -0.480 e. The van der Waals surface area contributed by atoms with Gasteiger partial charge in [0.15, 0.2) is 5.16 Å². The third kappa shape index (κ3) is 3.38. The van der Waals surface area contributed by atoms with Crippen molar-refractivity contribution in [2.75, 3.05) is 0 Å². The molecule has 7 heteroatoms. The topological polar surface area (TPSA) is 72.2 Å². The third-order valence-corrected chi connectivity index (χ3v) is 5.64. The molecule has 1 N–H and O–H groups in total. The molecule has 5 nitrogen and oxygen atoms in total. The summed E-state index contributed by atoms with van der Waals surface area (Å²) in [6.45, 7) is 5.54. The van der Waals surface area contributed by atoms with Crippen LogP contribution >= 0.6 is 23.1 Å². The van der Waals surface area contributed by atoms with E-state index >= 15 is 0 Å². The van der Waals surface area contributed by atoms with Crippen molar-refractivity contribution in [3.8, 4) is 11.1 Å². The quantitative estimate of drug-likeness (QED) is 0.404. The van der Waals surface area contributed by atoms with Crippen molar-refractivity contribution < 1.29 is 9.90 Å². The van der Waals surface area contributed by atoms with Gasteiger partial charge in [-0.15, -0.1) is 17.9 Å². The van der Waals surface area contributed by atoms with Crippen LogP contribution in [-0.2, 0) is 11.3 Å². The van der Waals surface area contributed by atoms with Gasteiger partial charge in [0.05, 0.1) is 5.39 Å². The van der Waals surface area contributed by atoms with Crippen LogP contribution in [0.4, 0.5) is 0 Å². The van der Waals surface area contributed by atoms with Crippen LogP contribution in [0.5, 0.6) is 0 Å². The van der Waals surface area contributed by atoms with Gasteiger partial charge in [-0.25, -0.2) is 4.98 Å². The fourth-order valence-electron chi connectivity index (χ4n) is 2.42. The molecule has 0 radical (unpaired) electrons. The lowest BCUT2D eigenvalue weighted by molar-refractivity contribution is -0.136. The van der Waals surface area contributed by atoms with E-state index in [0.29, 0.717) is 15.4 Å². The Labute approximate surface area is 152 Å². The normalized spacial score (nSPS) is 12.2. The van der Waals surface area contributed by atoms with Gasteiger partial charge in [-0.1, -0.05) is 48.2 Å². The molecule has 0 aliphatic heterocycles. The summed E-state index contributed by atoms with van der Waals surface area (Å²) in [6.07, 6.45) is 1.61. The Morgan fingerprint density at radius 1 is 1.44 bits per heavy atom. The number of benzene rings is 1. The SMILES string of the molecule is C=CCn1c(S[C@H](C)C(=O)O)nc2scc(-c3ccccc3)c2c1=O. The average molecular weight is 372 g/mol. The molecule has 2 heterocycles. The fraction of sp³-hybridized carbons (Fsp3) is 0.167. The third-order valence-electron chi connectivity index (χ3n) is 3.69. The minimum atomic E-state index is -0.944. The van der Waals surface area contributed by atoms with Gasteiger partial charge < -0.3 is 5.11 Å². The Kier molecular flexibility index (Phi) is 5.06. The first-order valence-electron chi connectivity index (χ1n) is 7.60. The Balaban J connectivity index is 2.21. The molecule has 0 saturated carbocycles. The summed E-state index contributed by atoms with van der Waals surface area (Å²) in [7, 11) is 0. The van der Waals surface area contributed by atoms with E-state index in [-0.39, 0.29) is 12.1 Å². The van der Waals surface area contributed by atoms with E-state index in [2.05, 4.69) is 11.6 Å². The van der Waals surface area contributed by atoms with Gasteiger partial charge in [0.25, 0.3) is 5.56 Å². The predicted octanol–water partition coefficient (Wildman–Crippen LogP) is 3.88. The molecule has 0 fully saturated rings. The highest BCUT2D eigenvalue weighted by Gasteiger charge is 2.20. The molecular weight excluding hydrogens is 356 g/mol. The number of carbonyl (C=O) groups is 1. The number of hydrogen-bond acceptors (Lipinski definition) is 5. The molecule has 3 rings (SSSR count). The molecule has 1 aromatic carbocycles. The molecule has 1 atom stereocenters. The number of carboxylic acid groups (broad SMARTS) is 1. The maximum atomic E-state index is 13.1. The van der Waals surface area contributed by atoms with E-state index in [1.165, 1.54) is 15.9 Å². The number of aromatic nitrogens is 2. The van der Waals surface area contributed by atoms with Crippen LogP contribution in [0.2, 0.25) is 0 Å². The van der Waals surface area contributed by atoms with Gasteiger partial charge in [-0.3, -0.25) is 14.2 Å². The lowest BCUT2D eigenvalue weighted by atomic mass is 10.1. The van der Waals surface area contributed by atoms with Gasteiger partial charge in [0.2, 0.25) is 0 Å². The molecule has 0 aliphatic carbocycles. The van der Waals surface area contributed by atoms with E-state index in [4.69, 9.17) is 5.11 Å². The second kappa shape index (κ2) is 7.25. The van der Waals surface area contributed by atoms with Crippen molar-refractivity contribution in [1.29, 1.82) is 0 Å². The first-order valence-corrected chi connectivity index (χ1v) is 9.36.